The molecule has 0 aromatic carbocycles. The van der Waals surface area contributed by atoms with Gasteiger partial charge < -0.3 is 10.6 Å². The van der Waals surface area contributed by atoms with Crippen molar-refractivity contribution in [3.8, 4) is 0 Å². The molecule has 0 spiro atoms. The van der Waals surface area contributed by atoms with Crippen molar-refractivity contribution < 1.29 is 9.59 Å². The van der Waals surface area contributed by atoms with E-state index >= 15 is 0 Å². The quantitative estimate of drug-likeness (QED) is 0.905. The first kappa shape index (κ1) is 14.1. The molecule has 0 aliphatic rings. The van der Waals surface area contributed by atoms with E-state index in [4.69, 9.17) is 0 Å². The second kappa shape index (κ2) is 6.25. The van der Waals surface area contributed by atoms with Gasteiger partial charge in [0.25, 0.3) is 5.91 Å². The van der Waals surface area contributed by atoms with E-state index in [1.807, 2.05) is 19.1 Å². The number of hydrogen-bond donors (Lipinski definition) is 2. The van der Waals surface area contributed by atoms with E-state index in [1.54, 1.807) is 11.6 Å². The van der Waals surface area contributed by atoms with Crippen molar-refractivity contribution in [2.45, 2.75) is 20.3 Å². The lowest BCUT2D eigenvalue weighted by Crippen LogP contribution is -2.15. The summed E-state index contributed by atoms with van der Waals surface area (Å²) in [5.74, 6) is -0.0235. The highest BCUT2D eigenvalue weighted by molar-refractivity contribution is 7.14. The van der Waals surface area contributed by atoms with E-state index in [0.717, 1.165) is 12.0 Å². The highest BCUT2D eigenvalue weighted by Crippen LogP contribution is 2.17. The van der Waals surface area contributed by atoms with Gasteiger partial charge in [-0.15, -0.1) is 11.3 Å². The molecular formula is C13H14N4O2S. The second-order valence-electron chi connectivity index (χ2n) is 4.04. The van der Waals surface area contributed by atoms with Gasteiger partial charge in [0.05, 0.1) is 0 Å². The molecule has 0 bridgehead atoms. The van der Waals surface area contributed by atoms with Crippen molar-refractivity contribution in [3.63, 3.8) is 0 Å². The number of carbonyl (C=O) groups excluding carboxylic acids is 2. The first-order valence-electron chi connectivity index (χ1n) is 6.08. The lowest BCUT2D eigenvalue weighted by molar-refractivity contribution is -0.114. The lowest BCUT2D eigenvalue weighted by atomic mass is 10.2. The van der Waals surface area contributed by atoms with Crippen molar-refractivity contribution in [1.29, 1.82) is 0 Å². The maximum atomic E-state index is 12.1. The van der Waals surface area contributed by atoms with Crippen molar-refractivity contribution in [3.05, 3.63) is 35.0 Å². The number of thiazole rings is 1. The van der Waals surface area contributed by atoms with E-state index in [2.05, 4.69) is 20.6 Å². The molecule has 0 atom stereocenters. The Morgan fingerprint density at radius 1 is 1.35 bits per heavy atom. The van der Waals surface area contributed by atoms with E-state index < -0.39 is 0 Å². The van der Waals surface area contributed by atoms with Crippen LogP contribution in [0.2, 0.25) is 0 Å². The second-order valence-corrected chi connectivity index (χ2v) is 4.90. The van der Waals surface area contributed by atoms with E-state index in [9.17, 15) is 9.59 Å². The maximum Gasteiger partial charge on any atom is 0.276 e. The average Bonchev–Trinajstić information content (AvgIpc) is 2.87. The maximum absolute atomic E-state index is 12.1. The molecule has 6 nitrogen and oxygen atoms in total. The van der Waals surface area contributed by atoms with Crippen LogP contribution in [-0.4, -0.2) is 21.8 Å². The minimum Gasteiger partial charge on any atom is -0.305 e. The van der Waals surface area contributed by atoms with Crippen LogP contribution in [0.1, 0.15) is 29.9 Å². The Morgan fingerprint density at radius 2 is 2.15 bits per heavy atom. The largest absolute Gasteiger partial charge is 0.305 e. The van der Waals surface area contributed by atoms with Crippen molar-refractivity contribution >= 4 is 34.1 Å². The highest BCUT2D eigenvalue weighted by Gasteiger charge is 2.13. The summed E-state index contributed by atoms with van der Waals surface area (Å²) < 4.78 is 0. The Labute approximate surface area is 120 Å². The predicted molar refractivity (Wildman–Crippen MR) is 78.0 cm³/mol. The fourth-order valence-corrected chi connectivity index (χ4v) is 2.33. The van der Waals surface area contributed by atoms with Gasteiger partial charge in [-0.25, -0.2) is 9.97 Å². The third kappa shape index (κ3) is 3.39. The fraction of sp³-hybridized carbons (Fsp3) is 0.231. The number of hydrogen-bond acceptors (Lipinski definition) is 5. The first-order valence-corrected chi connectivity index (χ1v) is 6.96. The Balaban J connectivity index is 2.12. The normalized spacial score (nSPS) is 10.1. The molecule has 2 N–H and O–H groups in total. The van der Waals surface area contributed by atoms with Gasteiger partial charge in [0.15, 0.2) is 5.13 Å². The number of nitrogens with zero attached hydrogens (tertiary/aromatic N) is 2. The minimum atomic E-state index is -0.341. The average molecular weight is 290 g/mol. The topological polar surface area (TPSA) is 84.0 Å². The van der Waals surface area contributed by atoms with Crippen LogP contribution in [0.3, 0.4) is 0 Å². The van der Waals surface area contributed by atoms with Gasteiger partial charge in [-0.1, -0.05) is 13.0 Å². The molecule has 0 saturated heterocycles. The third-order valence-corrected chi connectivity index (χ3v) is 3.28. The molecule has 0 unspecified atom stereocenters. The Bertz CT molecular complexity index is 639. The van der Waals surface area contributed by atoms with Crippen LogP contribution in [0.15, 0.2) is 23.7 Å². The van der Waals surface area contributed by atoms with Crippen molar-refractivity contribution in [2.75, 3.05) is 10.6 Å². The fourth-order valence-electron chi connectivity index (χ4n) is 1.59. The summed E-state index contributed by atoms with van der Waals surface area (Å²) in [6, 6.07) is 3.73. The van der Waals surface area contributed by atoms with Crippen molar-refractivity contribution in [2.24, 2.45) is 0 Å². The summed E-state index contributed by atoms with van der Waals surface area (Å²) in [5.41, 5.74) is 1.21. The van der Waals surface area contributed by atoms with E-state index in [0.29, 0.717) is 10.9 Å². The van der Waals surface area contributed by atoms with Crippen LogP contribution in [0.5, 0.6) is 0 Å². The van der Waals surface area contributed by atoms with Gasteiger partial charge in [0, 0.05) is 18.5 Å². The Morgan fingerprint density at radius 3 is 2.85 bits per heavy atom. The van der Waals surface area contributed by atoms with Crippen LogP contribution in [-0.2, 0) is 11.2 Å². The summed E-state index contributed by atoms with van der Waals surface area (Å²) in [7, 11) is 0. The molecule has 0 aliphatic carbocycles. The molecule has 0 aliphatic heterocycles. The SMILES string of the molecule is CCc1cccnc1NC(=O)c1csc(NC(C)=O)n1. The van der Waals surface area contributed by atoms with Gasteiger partial charge >= 0.3 is 0 Å². The van der Waals surface area contributed by atoms with Gasteiger partial charge in [-0.05, 0) is 18.1 Å². The summed E-state index contributed by atoms with van der Waals surface area (Å²) in [5, 5.41) is 7.26. The van der Waals surface area contributed by atoms with Crippen LogP contribution in [0.25, 0.3) is 0 Å². The van der Waals surface area contributed by atoms with Gasteiger partial charge in [0.2, 0.25) is 5.91 Å². The molecule has 2 heterocycles. The number of aryl methyl sites for hydroxylation is 1. The Hall–Kier alpha value is -2.28. The van der Waals surface area contributed by atoms with Crippen LogP contribution in [0.4, 0.5) is 10.9 Å². The molecule has 20 heavy (non-hydrogen) atoms. The first-order chi connectivity index (χ1) is 9.60. The lowest BCUT2D eigenvalue weighted by Gasteiger charge is -2.06. The number of carbonyl (C=O) groups is 2. The smallest absolute Gasteiger partial charge is 0.276 e. The number of anilines is 2. The van der Waals surface area contributed by atoms with Crippen LogP contribution in [0, 0.1) is 0 Å². The molecular weight excluding hydrogens is 276 g/mol. The number of nitrogens with one attached hydrogen (secondary N) is 2. The monoisotopic (exact) mass is 290 g/mol. The van der Waals surface area contributed by atoms with E-state index in [1.165, 1.54) is 18.3 Å². The minimum absolute atomic E-state index is 0.218. The number of aromatic nitrogens is 2. The van der Waals surface area contributed by atoms with Crippen LogP contribution < -0.4 is 10.6 Å². The standard InChI is InChI=1S/C13H14N4O2S/c1-3-9-5-4-6-14-11(9)17-12(19)10-7-20-13(16-10)15-8(2)18/h4-7H,3H2,1-2H3,(H,14,17,19)(H,15,16,18). The van der Waals surface area contributed by atoms with Gasteiger partial charge in [-0.3, -0.25) is 9.59 Å². The highest BCUT2D eigenvalue weighted by atomic mass is 32.1. The molecule has 0 radical (unpaired) electrons. The summed E-state index contributed by atoms with van der Waals surface area (Å²) in [4.78, 5) is 31.2. The molecule has 7 heteroatoms. The molecule has 2 aromatic rings. The molecule has 104 valence electrons. The molecule has 0 fully saturated rings. The van der Waals surface area contributed by atoms with E-state index in [-0.39, 0.29) is 17.5 Å². The summed E-state index contributed by atoms with van der Waals surface area (Å²) >= 11 is 1.20. The summed E-state index contributed by atoms with van der Waals surface area (Å²) in [6.45, 7) is 3.38. The Kier molecular flexibility index (Phi) is 4.41. The molecule has 2 aromatic heterocycles. The van der Waals surface area contributed by atoms with Crippen molar-refractivity contribution in [1.82, 2.24) is 9.97 Å². The summed E-state index contributed by atoms with van der Waals surface area (Å²) in [6.07, 6.45) is 2.40. The third-order valence-electron chi connectivity index (χ3n) is 2.52. The number of pyridine rings is 1. The number of amides is 2. The zero-order chi connectivity index (χ0) is 14.5. The zero-order valence-corrected chi connectivity index (χ0v) is 12.0. The molecule has 2 amide bonds. The number of rotatable bonds is 4. The van der Waals surface area contributed by atoms with Gasteiger partial charge in [-0.2, -0.15) is 0 Å². The predicted octanol–water partition coefficient (Wildman–Crippen LogP) is 2.31. The van der Waals surface area contributed by atoms with Gasteiger partial charge in [0.1, 0.15) is 11.5 Å². The molecule has 0 saturated carbocycles. The zero-order valence-electron chi connectivity index (χ0n) is 11.1. The molecule has 2 rings (SSSR count). The van der Waals surface area contributed by atoms with Crippen LogP contribution >= 0.6 is 11.3 Å².